The van der Waals surface area contributed by atoms with Gasteiger partial charge in [-0.15, -0.1) is 0 Å². The summed E-state index contributed by atoms with van der Waals surface area (Å²) in [5.41, 5.74) is -2.10. The molecule has 3 atom stereocenters. The standard InChI is InChI=1S/C16H18O7/c1-8-11(18)4-5-16(14(8)21,15(22)23)7-13(20)10-6-9(17)2-3-12(10)19/h2-3,6,11,14,17-19,21H,1,4-5,7H2,(H,22,23). The molecule has 2 rings (SSSR count). The normalized spacial score (nSPS) is 27.7. The van der Waals surface area contributed by atoms with E-state index < -0.39 is 41.5 Å². The van der Waals surface area contributed by atoms with Gasteiger partial charge >= 0.3 is 5.97 Å². The third-order valence-corrected chi connectivity index (χ3v) is 4.35. The molecule has 7 heteroatoms. The number of aliphatic carboxylic acids is 1. The summed E-state index contributed by atoms with van der Waals surface area (Å²) in [5.74, 6) is -2.76. The van der Waals surface area contributed by atoms with Gasteiger partial charge in [0.05, 0.1) is 17.8 Å². The fourth-order valence-corrected chi connectivity index (χ4v) is 2.87. The van der Waals surface area contributed by atoms with E-state index in [4.69, 9.17) is 0 Å². The van der Waals surface area contributed by atoms with Crippen LogP contribution in [-0.2, 0) is 4.79 Å². The minimum Gasteiger partial charge on any atom is -0.508 e. The molecule has 3 unspecified atom stereocenters. The van der Waals surface area contributed by atoms with Crippen molar-refractivity contribution in [3.8, 4) is 11.5 Å². The maximum absolute atomic E-state index is 12.4. The van der Waals surface area contributed by atoms with E-state index in [2.05, 4.69) is 6.58 Å². The summed E-state index contributed by atoms with van der Waals surface area (Å²) in [5, 5.41) is 48.6. The number of phenolic OH excluding ortho intramolecular Hbond substituents is 2. The molecule has 1 aliphatic rings. The Morgan fingerprint density at radius 1 is 1.26 bits per heavy atom. The van der Waals surface area contributed by atoms with Crippen LogP contribution in [-0.4, -0.2) is 49.5 Å². The molecule has 0 bridgehead atoms. The molecule has 0 heterocycles. The van der Waals surface area contributed by atoms with Crippen molar-refractivity contribution in [3.63, 3.8) is 0 Å². The molecule has 0 radical (unpaired) electrons. The number of carboxylic acid groups (broad SMARTS) is 1. The zero-order chi connectivity index (χ0) is 17.4. The first-order valence-electron chi connectivity index (χ1n) is 7.02. The van der Waals surface area contributed by atoms with Gasteiger partial charge in [-0.25, -0.2) is 0 Å². The average molecular weight is 322 g/mol. The number of aromatic hydroxyl groups is 2. The van der Waals surface area contributed by atoms with Crippen LogP contribution in [0.5, 0.6) is 11.5 Å². The summed E-state index contributed by atoms with van der Waals surface area (Å²) in [4.78, 5) is 24.1. The number of hydrogen-bond acceptors (Lipinski definition) is 6. The van der Waals surface area contributed by atoms with Crippen molar-refractivity contribution in [1.29, 1.82) is 0 Å². The molecule has 0 amide bonds. The Balaban J connectivity index is 2.37. The Morgan fingerprint density at radius 3 is 2.52 bits per heavy atom. The molecule has 7 nitrogen and oxygen atoms in total. The third kappa shape index (κ3) is 2.93. The summed E-state index contributed by atoms with van der Waals surface area (Å²) >= 11 is 0. The Bertz CT molecular complexity index is 666. The van der Waals surface area contributed by atoms with Crippen LogP contribution in [0.1, 0.15) is 29.6 Å². The number of Topliss-reactive ketones (excluding diaryl/α,β-unsaturated/α-hetero) is 1. The van der Waals surface area contributed by atoms with Crippen LogP contribution in [0.25, 0.3) is 0 Å². The van der Waals surface area contributed by atoms with E-state index in [0.717, 1.165) is 12.1 Å². The van der Waals surface area contributed by atoms with E-state index in [1.54, 1.807) is 0 Å². The summed E-state index contributed by atoms with van der Waals surface area (Å²) in [6, 6.07) is 3.34. The molecule has 0 spiro atoms. The van der Waals surface area contributed by atoms with Gasteiger partial charge in [0, 0.05) is 6.42 Å². The van der Waals surface area contributed by atoms with Crippen molar-refractivity contribution in [3.05, 3.63) is 35.9 Å². The summed E-state index contributed by atoms with van der Waals surface area (Å²) < 4.78 is 0. The molecule has 1 saturated carbocycles. The molecule has 0 saturated heterocycles. The number of aliphatic hydroxyl groups excluding tert-OH is 2. The number of hydrogen-bond donors (Lipinski definition) is 5. The van der Waals surface area contributed by atoms with Gasteiger partial charge in [-0.3, -0.25) is 9.59 Å². The number of carbonyl (C=O) groups is 2. The molecule has 5 N–H and O–H groups in total. The second kappa shape index (κ2) is 6.02. The molecule has 1 aliphatic carbocycles. The summed E-state index contributed by atoms with van der Waals surface area (Å²) in [6.45, 7) is 3.50. The van der Waals surface area contributed by atoms with E-state index in [9.17, 15) is 35.1 Å². The van der Waals surface area contributed by atoms with Crippen LogP contribution in [0.15, 0.2) is 30.4 Å². The van der Waals surface area contributed by atoms with Crippen molar-refractivity contribution in [2.24, 2.45) is 5.41 Å². The molecule has 23 heavy (non-hydrogen) atoms. The number of rotatable bonds is 4. The van der Waals surface area contributed by atoms with Crippen LogP contribution in [0.3, 0.4) is 0 Å². The Morgan fingerprint density at radius 2 is 1.91 bits per heavy atom. The van der Waals surface area contributed by atoms with E-state index in [1.807, 2.05) is 0 Å². The minimum absolute atomic E-state index is 0.0495. The molecule has 1 aromatic carbocycles. The van der Waals surface area contributed by atoms with Gasteiger partial charge in [0.2, 0.25) is 0 Å². The smallest absolute Gasteiger partial charge is 0.313 e. The van der Waals surface area contributed by atoms with Crippen LogP contribution in [0.4, 0.5) is 0 Å². The Hall–Kier alpha value is -2.38. The highest BCUT2D eigenvalue weighted by Gasteiger charge is 2.52. The van der Waals surface area contributed by atoms with E-state index >= 15 is 0 Å². The van der Waals surface area contributed by atoms with Gasteiger partial charge in [0.25, 0.3) is 0 Å². The average Bonchev–Trinajstić information content (AvgIpc) is 2.50. The molecule has 0 aromatic heterocycles. The largest absolute Gasteiger partial charge is 0.508 e. The highest BCUT2D eigenvalue weighted by molar-refractivity contribution is 6.01. The van der Waals surface area contributed by atoms with Gasteiger partial charge < -0.3 is 25.5 Å². The summed E-state index contributed by atoms with van der Waals surface area (Å²) in [6.07, 6.45) is -3.27. The lowest BCUT2D eigenvalue weighted by molar-refractivity contribution is -0.158. The van der Waals surface area contributed by atoms with Gasteiger partial charge in [-0.2, -0.15) is 0 Å². The maximum Gasteiger partial charge on any atom is 0.313 e. The fourth-order valence-electron chi connectivity index (χ4n) is 2.87. The topological polar surface area (TPSA) is 135 Å². The van der Waals surface area contributed by atoms with E-state index in [1.165, 1.54) is 6.07 Å². The first-order chi connectivity index (χ1) is 10.7. The van der Waals surface area contributed by atoms with Crippen LogP contribution in [0, 0.1) is 5.41 Å². The monoisotopic (exact) mass is 322 g/mol. The van der Waals surface area contributed by atoms with Crippen LogP contribution < -0.4 is 0 Å². The summed E-state index contributed by atoms with van der Waals surface area (Å²) in [7, 11) is 0. The lowest BCUT2D eigenvalue weighted by Crippen LogP contribution is -2.50. The highest BCUT2D eigenvalue weighted by Crippen LogP contribution is 2.43. The Kier molecular flexibility index (Phi) is 4.44. The van der Waals surface area contributed by atoms with Crippen molar-refractivity contribution >= 4 is 11.8 Å². The van der Waals surface area contributed by atoms with E-state index in [0.29, 0.717) is 0 Å². The number of aliphatic hydroxyl groups is 2. The van der Waals surface area contributed by atoms with Crippen molar-refractivity contribution in [2.45, 2.75) is 31.5 Å². The first kappa shape index (κ1) is 17.0. The second-order valence-electron chi connectivity index (χ2n) is 5.79. The zero-order valence-corrected chi connectivity index (χ0v) is 12.3. The van der Waals surface area contributed by atoms with Gasteiger partial charge in [0.1, 0.15) is 16.9 Å². The van der Waals surface area contributed by atoms with Crippen molar-refractivity contribution in [1.82, 2.24) is 0 Å². The van der Waals surface area contributed by atoms with Crippen molar-refractivity contribution < 1.29 is 35.1 Å². The molecule has 0 aliphatic heterocycles. The number of phenols is 2. The van der Waals surface area contributed by atoms with Crippen LogP contribution >= 0.6 is 0 Å². The maximum atomic E-state index is 12.4. The lowest BCUT2D eigenvalue weighted by Gasteiger charge is -2.40. The van der Waals surface area contributed by atoms with Gasteiger partial charge in [-0.05, 0) is 36.6 Å². The number of carbonyl (C=O) groups excluding carboxylic acids is 1. The molecule has 124 valence electrons. The molecular formula is C16H18O7. The second-order valence-corrected chi connectivity index (χ2v) is 5.79. The van der Waals surface area contributed by atoms with Crippen LogP contribution in [0.2, 0.25) is 0 Å². The zero-order valence-electron chi connectivity index (χ0n) is 12.3. The number of benzene rings is 1. The SMILES string of the molecule is C=C1C(O)CCC(CC(=O)c2cc(O)ccc2O)(C(=O)O)C1O. The fraction of sp³-hybridized carbons (Fsp3) is 0.375. The van der Waals surface area contributed by atoms with E-state index in [-0.39, 0.29) is 29.7 Å². The number of carboxylic acids is 1. The van der Waals surface area contributed by atoms with Crippen molar-refractivity contribution in [2.75, 3.05) is 0 Å². The Labute approximate surface area is 132 Å². The predicted octanol–water partition coefficient (Wildman–Crippen LogP) is 0.813. The van der Waals surface area contributed by atoms with Gasteiger partial charge in [0.15, 0.2) is 5.78 Å². The quantitative estimate of drug-likeness (QED) is 0.314. The molecular weight excluding hydrogens is 304 g/mol. The lowest BCUT2D eigenvalue weighted by atomic mass is 9.66. The highest BCUT2D eigenvalue weighted by atomic mass is 16.4. The van der Waals surface area contributed by atoms with Gasteiger partial charge in [-0.1, -0.05) is 6.58 Å². The molecule has 1 fully saturated rings. The minimum atomic E-state index is -1.83. The molecule has 1 aromatic rings. The first-order valence-corrected chi connectivity index (χ1v) is 7.02. The third-order valence-electron chi connectivity index (χ3n) is 4.35. The predicted molar refractivity (Wildman–Crippen MR) is 79.2 cm³/mol. The number of ketones is 1.